The number of aromatic nitrogens is 2. The van der Waals surface area contributed by atoms with Crippen molar-refractivity contribution in [2.45, 2.75) is 25.6 Å². The van der Waals surface area contributed by atoms with Crippen LogP contribution in [0.5, 0.6) is 0 Å². The molecule has 0 aromatic carbocycles. The highest BCUT2D eigenvalue weighted by atomic mass is 19.4. The molecule has 1 aliphatic rings. The van der Waals surface area contributed by atoms with Gasteiger partial charge in [-0.05, 0) is 12.3 Å². The minimum Gasteiger partial charge on any atom is -0.391 e. The zero-order chi connectivity index (χ0) is 14.9. The second-order valence-electron chi connectivity index (χ2n) is 4.96. The zero-order valence-corrected chi connectivity index (χ0v) is 11.3. The van der Waals surface area contributed by atoms with Gasteiger partial charge in [0.2, 0.25) is 5.95 Å². The van der Waals surface area contributed by atoms with Crippen molar-refractivity contribution >= 4 is 11.8 Å². The van der Waals surface area contributed by atoms with Gasteiger partial charge in [0, 0.05) is 26.2 Å². The molecule has 0 saturated carbocycles. The fourth-order valence-corrected chi connectivity index (χ4v) is 2.11. The lowest BCUT2D eigenvalue weighted by atomic mass is 9.96. The number of β-amino-alcohol motifs (C(OH)–C–C–N with tert-alkyl or cyclic N) is 1. The number of anilines is 2. The van der Waals surface area contributed by atoms with Gasteiger partial charge in [-0.1, -0.05) is 6.92 Å². The maximum Gasteiger partial charge on any atom is 0.433 e. The van der Waals surface area contributed by atoms with Gasteiger partial charge in [0.05, 0.1) is 6.10 Å². The maximum atomic E-state index is 12.8. The Morgan fingerprint density at radius 2 is 2.10 bits per heavy atom. The van der Waals surface area contributed by atoms with Crippen LogP contribution in [-0.2, 0) is 6.18 Å². The zero-order valence-electron chi connectivity index (χ0n) is 11.3. The van der Waals surface area contributed by atoms with Crippen LogP contribution in [0.1, 0.15) is 19.0 Å². The molecule has 1 fully saturated rings. The monoisotopic (exact) mass is 290 g/mol. The Morgan fingerprint density at radius 1 is 1.40 bits per heavy atom. The van der Waals surface area contributed by atoms with E-state index in [0.717, 1.165) is 6.07 Å². The number of halogens is 3. The molecule has 1 aliphatic heterocycles. The lowest BCUT2D eigenvalue weighted by Crippen LogP contribution is -2.43. The molecular weight excluding hydrogens is 273 g/mol. The number of piperidine rings is 1. The van der Waals surface area contributed by atoms with Gasteiger partial charge in [-0.2, -0.15) is 18.2 Å². The number of aliphatic hydroxyl groups excluding tert-OH is 1. The molecule has 0 bridgehead atoms. The summed E-state index contributed by atoms with van der Waals surface area (Å²) < 4.78 is 38.4. The Labute approximate surface area is 114 Å². The summed E-state index contributed by atoms with van der Waals surface area (Å²) in [6.45, 7) is 2.76. The van der Waals surface area contributed by atoms with Gasteiger partial charge in [0.15, 0.2) is 5.69 Å². The molecule has 112 valence electrons. The molecule has 8 heteroatoms. The van der Waals surface area contributed by atoms with E-state index in [1.54, 1.807) is 4.90 Å². The number of nitrogens with zero attached hydrogens (tertiary/aromatic N) is 3. The Balaban J connectivity index is 2.31. The van der Waals surface area contributed by atoms with Crippen molar-refractivity contribution in [3.8, 4) is 0 Å². The van der Waals surface area contributed by atoms with Crippen LogP contribution < -0.4 is 10.2 Å². The topological polar surface area (TPSA) is 61.3 Å². The second-order valence-corrected chi connectivity index (χ2v) is 4.96. The fraction of sp³-hybridized carbons (Fsp3) is 0.667. The van der Waals surface area contributed by atoms with E-state index in [9.17, 15) is 18.3 Å². The van der Waals surface area contributed by atoms with Crippen molar-refractivity contribution in [2.24, 2.45) is 5.92 Å². The van der Waals surface area contributed by atoms with Crippen molar-refractivity contribution in [3.05, 3.63) is 11.8 Å². The highest BCUT2D eigenvalue weighted by Crippen LogP contribution is 2.31. The summed E-state index contributed by atoms with van der Waals surface area (Å²) in [6, 6.07) is 0.920. The highest BCUT2D eigenvalue weighted by molar-refractivity contribution is 5.46. The number of rotatable bonds is 2. The van der Waals surface area contributed by atoms with Crippen molar-refractivity contribution in [1.29, 1.82) is 0 Å². The van der Waals surface area contributed by atoms with Gasteiger partial charge in [0.25, 0.3) is 0 Å². The lowest BCUT2D eigenvalue weighted by molar-refractivity contribution is -0.141. The second kappa shape index (κ2) is 5.43. The molecule has 2 rings (SSSR count). The Hall–Kier alpha value is -1.57. The average Bonchev–Trinajstić information content (AvgIpc) is 2.40. The molecule has 2 unspecified atom stereocenters. The SMILES string of the molecule is CNc1nc(N2CCC(C)C(O)C2)cc(C(F)(F)F)n1. The molecule has 0 spiro atoms. The predicted octanol–water partition coefficient (Wildman–Crippen LogP) is 1.74. The first-order valence-corrected chi connectivity index (χ1v) is 6.38. The van der Waals surface area contributed by atoms with E-state index in [0.29, 0.717) is 13.0 Å². The number of hydrogen-bond donors (Lipinski definition) is 2. The van der Waals surface area contributed by atoms with Gasteiger partial charge in [-0.15, -0.1) is 0 Å². The van der Waals surface area contributed by atoms with Crippen LogP contribution in [-0.4, -0.2) is 41.3 Å². The molecule has 0 amide bonds. The van der Waals surface area contributed by atoms with E-state index < -0.39 is 18.0 Å². The van der Waals surface area contributed by atoms with Crippen LogP contribution >= 0.6 is 0 Å². The lowest BCUT2D eigenvalue weighted by Gasteiger charge is -2.35. The Kier molecular flexibility index (Phi) is 4.03. The van der Waals surface area contributed by atoms with Crippen LogP contribution in [0.4, 0.5) is 24.9 Å². The molecule has 0 radical (unpaired) electrons. The van der Waals surface area contributed by atoms with Crippen LogP contribution in [0.15, 0.2) is 6.07 Å². The standard InChI is InChI=1S/C12H17F3N4O/c1-7-3-4-19(6-8(7)20)10-5-9(12(13,14)15)17-11(16-2)18-10/h5,7-8,20H,3-4,6H2,1-2H3,(H,16,17,18). The predicted molar refractivity (Wildman–Crippen MR) is 68.6 cm³/mol. The van der Waals surface area contributed by atoms with Crippen molar-refractivity contribution in [1.82, 2.24) is 9.97 Å². The van der Waals surface area contributed by atoms with Crippen molar-refractivity contribution in [3.63, 3.8) is 0 Å². The first kappa shape index (κ1) is 14.8. The van der Waals surface area contributed by atoms with E-state index >= 15 is 0 Å². The van der Waals surface area contributed by atoms with Crippen molar-refractivity contribution in [2.75, 3.05) is 30.4 Å². The van der Waals surface area contributed by atoms with E-state index in [-0.39, 0.29) is 24.2 Å². The Bertz CT molecular complexity index is 480. The van der Waals surface area contributed by atoms with Gasteiger partial charge in [0.1, 0.15) is 5.82 Å². The van der Waals surface area contributed by atoms with Crippen molar-refractivity contribution < 1.29 is 18.3 Å². The van der Waals surface area contributed by atoms with Crippen LogP contribution in [0.3, 0.4) is 0 Å². The van der Waals surface area contributed by atoms with Crippen LogP contribution in [0.2, 0.25) is 0 Å². The molecule has 1 saturated heterocycles. The third-order valence-corrected chi connectivity index (χ3v) is 3.47. The van der Waals surface area contributed by atoms with E-state index in [1.165, 1.54) is 7.05 Å². The maximum absolute atomic E-state index is 12.8. The molecule has 2 atom stereocenters. The first-order valence-electron chi connectivity index (χ1n) is 6.38. The molecule has 20 heavy (non-hydrogen) atoms. The smallest absolute Gasteiger partial charge is 0.391 e. The molecule has 0 aliphatic carbocycles. The molecule has 1 aromatic rings. The number of aliphatic hydroxyl groups is 1. The largest absolute Gasteiger partial charge is 0.433 e. The molecule has 1 aromatic heterocycles. The summed E-state index contributed by atoms with van der Waals surface area (Å²) in [7, 11) is 1.46. The van der Waals surface area contributed by atoms with E-state index in [1.807, 2.05) is 6.92 Å². The average molecular weight is 290 g/mol. The van der Waals surface area contributed by atoms with Gasteiger partial charge in [-0.25, -0.2) is 4.98 Å². The highest BCUT2D eigenvalue weighted by Gasteiger charge is 2.35. The summed E-state index contributed by atoms with van der Waals surface area (Å²) in [5.74, 6) is 0.240. The van der Waals surface area contributed by atoms with E-state index in [4.69, 9.17) is 0 Å². The van der Waals surface area contributed by atoms with Gasteiger partial charge >= 0.3 is 6.18 Å². The normalized spacial score (nSPS) is 23.8. The number of alkyl halides is 3. The van der Waals surface area contributed by atoms with Crippen LogP contribution in [0, 0.1) is 5.92 Å². The molecule has 5 nitrogen and oxygen atoms in total. The first-order chi connectivity index (χ1) is 9.31. The summed E-state index contributed by atoms with van der Waals surface area (Å²) >= 11 is 0. The van der Waals surface area contributed by atoms with Gasteiger partial charge in [-0.3, -0.25) is 0 Å². The third kappa shape index (κ3) is 3.12. The molecule has 2 heterocycles. The summed E-state index contributed by atoms with van der Waals surface area (Å²) in [4.78, 5) is 9.11. The van der Waals surface area contributed by atoms with Crippen LogP contribution in [0.25, 0.3) is 0 Å². The third-order valence-electron chi connectivity index (χ3n) is 3.47. The fourth-order valence-electron chi connectivity index (χ4n) is 2.11. The summed E-state index contributed by atoms with van der Waals surface area (Å²) in [6.07, 6.45) is -4.38. The molecule has 2 N–H and O–H groups in total. The quantitative estimate of drug-likeness (QED) is 0.869. The summed E-state index contributed by atoms with van der Waals surface area (Å²) in [5, 5.41) is 12.4. The minimum absolute atomic E-state index is 0.0806. The molecular formula is C12H17F3N4O. The summed E-state index contributed by atoms with van der Waals surface area (Å²) in [5.41, 5.74) is -0.986. The van der Waals surface area contributed by atoms with Gasteiger partial charge < -0.3 is 15.3 Å². The Morgan fingerprint density at radius 3 is 2.65 bits per heavy atom. The minimum atomic E-state index is -4.52. The van der Waals surface area contributed by atoms with E-state index in [2.05, 4.69) is 15.3 Å². The number of hydrogen-bond acceptors (Lipinski definition) is 5. The number of nitrogens with one attached hydrogen (secondary N) is 1.